The van der Waals surface area contributed by atoms with E-state index in [-0.39, 0.29) is 23.9 Å². The largest absolute Gasteiger partial charge is 0.507 e. The number of aryl methyl sites for hydroxylation is 2. The van der Waals surface area contributed by atoms with Gasteiger partial charge in [-0.15, -0.1) is 0 Å². The summed E-state index contributed by atoms with van der Waals surface area (Å²) in [6.07, 6.45) is -9.56. The van der Waals surface area contributed by atoms with Gasteiger partial charge in [-0.3, -0.25) is 0 Å². The molecule has 10 atom stereocenters. The minimum absolute atomic E-state index is 0.0277. The lowest BCUT2D eigenvalue weighted by Crippen LogP contribution is -2.60. The van der Waals surface area contributed by atoms with Gasteiger partial charge in [0.15, 0.2) is 24.1 Å². The molecule has 1 aliphatic carbocycles. The number of aliphatic hydroxyl groups excluding tert-OH is 6. The maximum absolute atomic E-state index is 11.0. The van der Waals surface area contributed by atoms with Gasteiger partial charge in [0, 0.05) is 11.1 Å². The molecular formula is C32H44O14. The maximum Gasteiger partial charge on any atom is 0.203 e. The lowest BCUT2D eigenvalue weighted by molar-refractivity contribution is -0.319. The fourth-order valence-corrected chi connectivity index (χ4v) is 6.27. The second-order valence-corrected chi connectivity index (χ2v) is 11.9. The topological polar surface area (TPSA) is 217 Å². The van der Waals surface area contributed by atoms with Crippen molar-refractivity contribution in [3.63, 3.8) is 0 Å². The van der Waals surface area contributed by atoms with Crippen molar-refractivity contribution in [3.8, 4) is 34.1 Å². The maximum atomic E-state index is 11.0. The number of fused-ring (bicyclic) bond motifs is 5. The lowest BCUT2D eigenvalue weighted by atomic mass is 9.95. The number of hydrogen-bond acceptors (Lipinski definition) is 14. The van der Waals surface area contributed by atoms with E-state index in [4.69, 9.17) is 28.4 Å². The van der Waals surface area contributed by atoms with Crippen LogP contribution in [0.15, 0.2) is 24.3 Å². The highest BCUT2D eigenvalue weighted by Crippen LogP contribution is 2.48. The predicted octanol–water partition coefficient (Wildman–Crippen LogP) is 0.0894. The first kappa shape index (κ1) is 34.6. The highest BCUT2D eigenvalue weighted by Gasteiger charge is 2.47. The molecule has 0 radical (unpaired) electrons. The first-order valence-corrected chi connectivity index (χ1v) is 15.5. The summed E-state index contributed by atoms with van der Waals surface area (Å²) in [7, 11) is 2.91. The second-order valence-electron chi connectivity index (χ2n) is 11.9. The summed E-state index contributed by atoms with van der Waals surface area (Å²) in [5.41, 5.74) is 2.58. The Balaban J connectivity index is 1.32. The van der Waals surface area contributed by atoms with E-state index in [0.717, 1.165) is 5.56 Å². The van der Waals surface area contributed by atoms with Crippen LogP contribution in [0.4, 0.5) is 0 Å². The molecule has 46 heavy (non-hydrogen) atoms. The van der Waals surface area contributed by atoms with Crippen LogP contribution in [0, 0.1) is 0 Å². The number of hydrogen-bond donors (Lipinski definition) is 8. The van der Waals surface area contributed by atoms with E-state index in [0.29, 0.717) is 61.0 Å². The number of rotatable bonds is 8. The van der Waals surface area contributed by atoms with Crippen LogP contribution in [0.1, 0.15) is 36.8 Å². The van der Waals surface area contributed by atoms with Gasteiger partial charge in [0.05, 0.1) is 33.5 Å². The van der Waals surface area contributed by atoms with Crippen molar-refractivity contribution in [2.75, 3.05) is 27.4 Å². The molecule has 0 amide bonds. The molecule has 2 aliphatic heterocycles. The first-order valence-electron chi connectivity index (χ1n) is 15.5. The highest BCUT2D eigenvalue weighted by atomic mass is 16.7. The Morgan fingerprint density at radius 2 is 1.43 bits per heavy atom. The normalized spacial score (nSPS) is 33.5. The molecule has 4 bridgehead atoms. The molecule has 2 aromatic rings. The quantitative estimate of drug-likeness (QED) is 0.190. The monoisotopic (exact) mass is 652 g/mol. The molecule has 14 nitrogen and oxygen atoms in total. The zero-order valence-electron chi connectivity index (χ0n) is 25.8. The molecule has 0 aromatic heterocycles. The summed E-state index contributed by atoms with van der Waals surface area (Å²) in [4.78, 5) is 0. The summed E-state index contributed by atoms with van der Waals surface area (Å²) in [6.45, 7) is -0.919. The van der Waals surface area contributed by atoms with Crippen LogP contribution in [0.5, 0.6) is 23.0 Å². The second kappa shape index (κ2) is 15.0. The van der Waals surface area contributed by atoms with E-state index in [1.165, 1.54) is 14.2 Å². The average molecular weight is 653 g/mol. The van der Waals surface area contributed by atoms with Crippen molar-refractivity contribution in [3.05, 3.63) is 35.4 Å². The van der Waals surface area contributed by atoms with E-state index in [9.17, 15) is 40.9 Å². The number of phenolic OH excluding ortho intramolecular Hbond substituents is 2. The molecule has 2 fully saturated rings. The number of benzene rings is 2. The molecule has 5 rings (SSSR count). The van der Waals surface area contributed by atoms with Gasteiger partial charge in [0.2, 0.25) is 5.75 Å². The van der Waals surface area contributed by atoms with Gasteiger partial charge < -0.3 is 69.3 Å². The van der Waals surface area contributed by atoms with E-state index in [1.807, 2.05) is 6.07 Å². The molecule has 1 unspecified atom stereocenters. The summed E-state index contributed by atoms with van der Waals surface area (Å²) < 4.78 is 34.0. The average Bonchev–Trinajstić information content (AvgIpc) is 3.33. The summed E-state index contributed by atoms with van der Waals surface area (Å²) in [6, 6.07) is 7.00. The molecule has 8 N–H and O–H groups in total. The molecule has 256 valence electrons. The zero-order chi connectivity index (χ0) is 33.1. The summed E-state index contributed by atoms with van der Waals surface area (Å²) >= 11 is 0. The molecule has 2 saturated heterocycles. The van der Waals surface area contributed by atoms with Crippen LogP contribution < -0.4 is 9.47 Å². The van der Waals surface area contributed by atoms with Crippen LogP contribution in [-0.2, 0) is 31.8 Å². The smallest absolute Gasteiger partial charge is 0.203 e. The third-order valence-corrected chi connectivity index (χ3v) is 8.94. The fourth-order valence-electron chi connectivity index (χ4n) is 6.27. The summed E-state index contributed by atoms with van der Waals surface area (Å²) in [5, 5.41) is 83.2. The Bertz CT molecular complexity index is 1320. The van der Waals surface area contributed by atoms with Crippen LogP contribution in [-0.4, -0.2) is 130 Å². The SMILES string of the molecule is COc1c2cc(c(O)c1OC)CCCCC(O[C@@H]1O[C@H](CO[C@@H]3O[C@@H](CO)[C@H](O)[C@H]3O)[C@@H](O)[C@H](O)[C@H]1O)CCc1ccc(O)c-2c1. The molecular weight excluding hydrogens is 608 g/mol. The van der Waals surface area contributed by atoms with Crippen molar-refractivity contribution in [2.45, 2.75) is 99.9 Å². The van der Waals surface area contributed by atoms with Crippen molar-refractivity contribution < 1.29 is 69.3 Å². The van der Waals surface area contributed by atoms with Crippen molar-refractivity contribution >= 4 is 0 Å². The number of phenols is 2. The predicted molar refractivity (Wildman–Crippen MR) is 159 cm³/mol. The van der Waals surface area contributed by atoms with Gasteiger partial charge in [0.1, 0.15) is 48.5 Å². The van der Waals surface area contributed by atoms with Gasteiger partial charge >= 0.3 is 0 Å². The molecule has 2 aromatic carbocycles. The molecule has 0 spiro atoms. The number of ether oxygens (including phenoxy) is 6. The molecule has 2 heterocycles. The van der Waals surface area contributed by atoms with Gasteiger partial charge in [-0.05, 0) is 61.4 Å². The standard InChI is InChI=1S/C32H44O14/c1-41-29-19-12-16(23(35)30(29)42-2)5-3-4-6-17(9-7-15-8-10-20(34)18(19)11-15)44-32-28(40)26(38)25(37)22(46-32)14-43-31-27(39)24(36)21(13-33)45-31/h8,10-12,17,21-22,24-28,31-40H,3-7,9,13-14H2,1-2H3/t17?,21-,22+,24-,25+,26-,27+,28+,31+,32+/m0/s1. The van der Waals surface area contributed by atoms with Gasteiger partial charge in [-0.1, -0.05) is 12.5 Å². The molecule has 3 aliphatic rings. The minimum Gasteiger partial charge on any atom is -0.507 e. The first-order chi connectivity index (χ1) is 22.1. The van der Waals surface area contributed by atoms with Crippen LogP contribution >= 0.6 is 0 Å². The van der Waals surface area contributed by atoms with Crippen molar-refractivity contribution in [2.24, 2.45) is 0 Å². The van der Waals surface area contributed by atoms with Crippen molar-refractivity contribution in [1.82, 2.24) is 0 Å². The third kappa shape index (κ3) is 7.06. The Hall–Kier alpha value is -2.76. The van der Waals surface area contributed by atoms with Gasteiger partial charge in [-0.2, -0.15) is 0 Å². The Labute approximate surface area is 266 Å². The van der Waals surface area contributed by atoms with Crippen LogP contribution in [0.3, 0.4) is 0 Å². The fraction of sp³-hybridized carbons (Fsp3) is 0.625. The number of aromatic hydroxyl groups is 2. The number of methoxy groups -OCH3 is 2. The number of aliphatic hydroxyl groups is 6. The van der Waals surface area contributed by atoms with Gasteiger partial charge in [0.25, 0.3) is 0 Å². The molecule has 14 heteroatoms. The van der Waals surface area contributed by atoms with E-state index >= 15 is 0 Å². The molecule has 0 saturated carbocycles. The van der Waals surface area contributed by atoms with E-state index in [2.05, 4.69) is 0 Å². The van der Waals surface area contributed by atoms with Gasteiger partial charge in [-0.25, -0.2) is 0 Å². The third-order valence-electron chi connectivity index (χ3n) is 8.94. The highest BCUT2D eigenvalue weighted by molar-refractivity contribution is 5.81. The summed E-state index contributed by atoms with van der Waals surface area (Å²) in [5.74, 6) is 0.461. The lowest BCUT2D eigenvalue weighted by Gasteiger charge is -2.41. The van der Waals surface area contributed by atoms with Crippen molar-refractivity contribution in [1.29, 1.82) is 0 Å². The minimum atomic E-state index is -1.63. The van der Waals surface area contributed by atoms with E-state index in [1.54, 1.807) is 18.2 Å². The zero-order valence-corrected chi connectivity index (χ0v) is 25.8. The Morgan fingerprint density at radius 1 is 0.739 bits per heavy atom. The Kier molecular flexibility index (Phi) is 11.3. The van der Waals surface area contributed by atoms with Crippen LogP contribution in [0.25, 0.3) is 11.1 Å². The van der Waals surface area contributed by atoms with Crippen LogP contribution in [0.2, 0.25) is 0 Å². The Morgan fingerprint density at radius 3 is 2.13 bits per heavy atom. The van der Waals surface area contributed by atoms with E-state index < -0.39 is 68.0 Å².